The number of carbonyl (C=O) groups excluding carboxylic acids is 2. The average Bonchev–Trinajstić information content (AvgIpc) is 2.81. The Morgan fingerprint density at radius 2 is 2.16 bits per heavy atom. The number of hydrogen-bond acceptors (Lipinski definition) is 5. The zero-order chi connectivity index (χ0) is 14.1. The second-order valence-electron chi connectivity index (χ2n) is 3.79. The first-order valence-corrected chi connectivity index (χ1v) is 6.79. The van der Waals surface area contributed by atoms with Crippen LogP contribution in [0.15, 0.2) is 12.1 Å². The molecular weight excluding hydrogens is 268 g/mol. The average molecular weight is 286 g/mol. The van der Waals surface area contributed by atoms with Crippen molar-refractivity contribution in [3.8, 4) is 0 Å². The van der Waals surface area contributed by atoms with Gasteiger partial charge in [-0.1, -0.05) is 0 Å². The third-order valence-electron chi connectivity index (χ3n) is 2.12. The summed E-state index contributed by atoms with van der Waals surface area (Å²) >= 11 is 1.23. The number of hydrogen-bond donors (Lipinski definition) is 3. The lowest BCUT2D eigenvalue weighted by Gasteiger charge is -2.04. The molecule has 1 aromatic heterocycles. The van der Waals surface area contributed by atoms with E-state index < -0.39 is 0 Å². The molecule has 0 saturated carbocycles. The van der Waals surface area contributed by atoms with Crippen LogP contribution < -0.4 is 10.6 Å². The molecule has 19 heavy (non-hydrogen) atoms. The Hall–Kier alpha value is -1.44. The molecule has 0 unspecified atom stereocenters. The zero-order valence-electron chi connectivity index (χ0n) is 10.8. The van der Waals surface area contributed by atoms with Crippen molar-refractivity contribution in [3.05, 3.63) is 17.0 Å². The highest BCUT2D eigenvalue weighted by Crippen LogP contribution is 2.21. The molecule has 0 aliphatic carbocycles. The number of nitrogens with one attached hydrogen (secondary N) is 2. The molecule has 106 valence electrons. The van der Waals surface area contributed by atoms with E-state index in [0.717, 1.165) is 0 Å². The number of thiophene rings is 1. The van der Waals surface area contributed by atoms with Crippen LogP contribution in [0, 0.1) is 0 Å². The maximum atomic E-state index is 11.7. The van der Waals surface area contributed by atoms with Gasteiger partial charge in [0.2, 0.25) is 5.91 Å². The van der Waals surface area contributed by atoms with Gasteiger partial charge in [-0.3, -0.25) is 9.59 Å². The van der Waals surface area contributed by atoms with Gasteiger partial charge in [0.25, 0.3) is 5.91 Å². The summed E-state index contributed by atoms with van der Waals surface area (Å²) in [6.07, 6.45) is 0.690. The predicted octanol–water partition coefficient (Wildman–Crippen LogP) is 0.835. The molecule has 0 aliphatic rings. The molecule has 3 N–H and O–H groups in total. The normalized spacial score (nSPS) is 10.2. The minimum Gasteiger partial charge on any atom is -0.394 e. The SMILES string of the molecule is CC(=O)Nc1ccc(C(=O)NCCCOCCO)s1. The topological polar surface area (TPSA) is 87.7 Å². The maximum absolute atomic E-state index is 11.7. The number of anilines is 1. The van der Waals surface area contributed by atoms with Gasteiger partial charge in [0, 0.05) is 20.1 Å². The predicted molar refractivity (Wildman–Crippen MR) is 73.5 cm³/mol. The molecule has 6 nitrogen and oxygen atoms in total. The van der Waals surface area contributed by atoms with Crippen LogP contribution in [-0.2, 0) is 9.53 Å². The molecule has 2 amide bonds. The Balaban J connectivity index is 2.25. The Kier molecular flexibility index (Phi) is 7.09. The smallest absolute Gasteiger partial charge is 0.261 e. The van der Waals surface area contributed by atoms with Crippen molar-refractivity contribution in [2.24, 2.45) is 0 Å². The summed E-state index contributed by atoms with van der Waals surface area (Å²) in [5.74, 6) is -0.321. The number of aliphatic hydroxyl groups is 1. The standard InChI is InChI=1S/C12H18N2O4S/c1-9(16)14-11-4-3-10(19-11)12(17)13-5-2-7-18-8-6-15/h3-4,15H,2,5-8H2,1H3,(H,13,17)(H,14,16). The van der Waals surface area contributed by atoms with Gasteiger partial charge < -0.3 is 20.5 Å². The fraction of sp³-hybridized carbons (Fsp3) is 0.500. The van der Waals surface area contributed by atoms with E-state index in [2.05, 4.69) is 10.6 Å². The van der Waals surface area contributed by atoms with Crippen molar-refractivity contribution in [2.75, 3.05) is 31.7 Å². The third-order valence-corrected chi connectivity index (χ3v) is 3.12. The summed E-state index contributed by atoms with van der Waals surface area (Å²) in [4.78, 5) is 23.1. The van der Waals surface area contributed by atoms with E-state index in [0.29, 0.717) is 36.1 Å². The van der Waals surface area contributed by atoms with E-state index in [9.17, 15) is 9.59 Å². The van der Waals surface area contributed by atoms with Gasteiger partial charge >= 0.3 is 0 Å². The summed E-state index contributed by atoms with van der Waals surface area (Å²) in [5.41, 5.74) is 0. The molecule has 1 rings (SSSR count). The monoisotopic (exact) mass is 286 g/mol. The second kappa shape index (κ2) is 8.63. The van der Waals surface area contributed by atoms with E-state index in [1.165, 1.54) is 18.3 Å². The van der Waals surface area contributed by atoms with Crippen LogP contribution in [0.5, 0.6) is 0 Å². The highest BCUT2D eigenvalue weighted by Gasteiger charge is 2.09. The van der Waals surface area contributed by atoms with E-state index in [1.54, 1.807) is 12.1 Å². The molecule has 7 heteroatoms. The molecule has 0 spiro atoms. The molecule has 0 fully saturated rings. The highest BCUT2D eigenvalue weighted by atomic mass is 32.1. The summed E-state index contributed by atoms with van der Waals surface area (Å²) in [7, 11) is 0. The summed E-state index contributed by atoms with van der Waals surface area (Å²) in [6, 6.07) is 3.37. The van der Waals surface area contributed by atoms with Crippen molar-refractivity contribution in [1.29, 1.82) is 0 Å². The summed E-state index contributed by atoms with van der Waals surface area (Å²) in [5, 5.41) is 14.5. The van der Waals surface area contributed by atoms with Crippen molar-refractivity contribution in [1.82, 2.24) is 5.32 Å². The summed E-state index contributed by atoms with van der Waals surface area (Å²) < 4.78 is 5.07. The van der Waals surface area contributed by atoms with Crippen LogP contribution in [0.25, 0.3) is 0 Å². The van der Waals surface area contributed by atoms with Crippen LogP contribution in [-0.4, -0.2) is 43.3 Å². The molecule has 0 bridgehead atoms. The maximum Gasteiger partial charge on any atom is 0.261 e. The minimum atomic E-state index is -0.163. The van der Waals surface area contributed by atoms with E-state index in [4.69, 9.17) is 9.84 Å². The quantitative estimate of drug-likeness (QED) is 0.618. The molecule has 0 radical (unpaired) electrons. The van der Waals surface area contributed by atoms with Gasteiger partial charge in [0.05, 0.1) is 23.1 Å². The Morgan fingerprint density at radius 3 is 2.84 bits per heavy atom. The first-order chi connectivity index (χ1) is 9.13. The van der Waals surface area contributed by atoms with Crippen LogP contribution in [0.1, 0.15) is 23.0 Å². The van der Waals surface area contributed by atoms with Gasteiger partial charge in [-0.05, 0) is 18.6 Å². The summed E-state index contributed by atoms with van der Waals surface area (Å²) in [6.45, 7) is 2.76. The number of aliphatic hydroxyl groups excluding tert-OH is 1. The van der Waals surface area contributed by atoms with E-state index >= 15 is 0 Å². The fourth-order valence-corrected chi connectivity index (χ4v) is 2.20. The van der Waals surface area contributed by atoms with Crippen LogP contribution in [0.3, 0.4) is 0 Å². The second-order valence-corrected chi connectivity index (χ2v) is 4.87. The van der Waals surface area contributed by atoms with E-state index in [1.807, 2.05) is 0 Å². The van der Waals surface area contributed by atoms with E-state index in [-0.39, 0.29) is 18.4 Å². The molecule has 0 saturated heterocycles. The Bertz CT molecular complexity index is 420. The van der Waals surface area contributed by atoms with Gasteiger partial charge in [-0.15, -0.1) is 11.3 Å². The first kappa shape index (κ1) is 15.6. The molecule has 0 aromatic carbocycles. The Labute approximate surface area is 115 Å². The van der Waals surface area contributed by atoms with Gasteiger partial charge in [-0.2, -0.15) is 0 Å². The van der Waals surface area contributed by atoms with Crippen molar-refractivity contribution in [2.45, 2.75) is 13.3 Å². The van der Waals surface area contributed by atoms with Gasteiger partial charge in [-0.25, -0.2) is 0 Å². The molecule has 0 atom stereocenters. The van der Waals surface area contributed by atoms with Gasteiger partial charge in [0.15, 0.2) is 0 Å². The van der Waals surface area contributed by atoms with Crippen molar-refractivity contribution < 1.29 is 19.4 Å². The van der Waals surface area contributed by atoms with Gasteiger partial charge in [0.1, 0.15) is 0 Å². The number of amides is 2. The molecule has 1 heterocycles. The molecular formula is C12H18N2O4S. The van der Waals surface area contributed by atoms with Crippen LogP contribution in [0.2, 0.25) is 0 Å². The molecule has 1 aromatic rings. The minimum absolute atomic E-state index is 0.00742. The first-order valence-electron chi connectivity index (χ1n) is 5.97. The lowest BCUT2D eigenvalue weighted by molar-refractivity contribution is -0.114. The Morgan fingerprint density at radius 1 is 1.37 bits per heavy atom. The lowest BCUT2D eigenvalue weighted by atomic mass is 10.4. The highest BCUT2D eigenvalue weighted by molar-refractivity contribution is 7.18. The van der Waals surface area contributed by atoms with Crippen LogP contribution >= 0.6 is 11.3 Å². The lowest BCUT2D eigenvalue weighted by Crippen LogP contribution is -2.24. The number of ether oxygens (including phenoxy) is 1. The third kappa shape index (κ3) is 6.32. The number of carbonyl (C=O) groups is 2. The number of rotatable bonds is 8. The zero-order valence-corrected chi connectivity index (χ0v) is 11.6. The largest absolute Gasteiger partial charge is 0.394 e. The molecule has 0 aliphatic heterocycles. The van der Waals surface area contributed by atoms with Crippen molar-refractivity contribution >= 4 is 28.2 Å². The fourth-order valence-electron chi connectivity index (χ4n) is 1.33. The van der Waals surface area contributed by atoms with Crippen LogP contribution in [0.4, 0.5) is 5.00 Å². The van der Waals surface area contributed by atoms with Crippen molar-refractivity contribution in [3.63, 3.8) is 0 Å².